The lowest BCUT2D eigenvalue weighted by Crippen LogP contribution is -2.09. The molecule has 2 aromatic heterocycles. The van der Waals surface area contributed by atoms with Crippen molar-refractivity contribution in [2.24, 2.45) is 0 Å². The van der Waals surface area contributed by atoms with E-state index in [2.05, 4.69) is 180 Å². The molecule has 50 heavy (non-hydrogen) atoms. The highest BCUT2D eigenvalue weighted by atomic mass is 16.3. The fraction of sp³-hybridized carbons (Fsp3) is 0. The van der Waals surface area contributed by atoms with E-state index >= 15 is 0 Å². The van der Waals surface area contributed by atoms with E-state index in [9.17, 15) is 0 Å². The molecule has 10 rings (SSSR count). The van der Waals surface area contributed by atoms with Crippen LogP contribution >= 0.6 is 0 Å². The van der Waals surface area contributed by atoms with Crippen molar-refractivity contribution in [2.45, 2.75) is 0 Å². The zero-order valence-electron chi connectivity index (χ0n) is 27.1. The number of rotatable bonds is 5. The van der Waals surface area contributed by atoms with Crippen LogP contribution in [0.2, 0.25) is 0 Å². The summed E-state index contributed by atoms with van der Waals surface area (Å²) in [6.45, 7) is 0. The molecular weight excluding hydrogens is 609 g/mol. The third-order valence-corrected chi connectivity index (χ3v) is 9.83. The van der Waals surface area contributed by atoms with Gasteiger partial charge in [0.05, 0.1) is 5.52 Å². The quantitative estimate of drug-likeness (QED) is 0.188. The minimum atomic E-state index is 0.859. The van der Waals surface area contributed by atoms with Crippen molar-refractivity contribution in [3.8, 4) is 22.3 Å². The highest BCUT2D eigenvalue weighted by Crippen LogP contribution is 2.41. The first kappa shape index (κ1) is 28.3. The minimum absolute atomic E-state index is 0.859. The van der Waals surface area contributed by atoms with Crippen LogP contribution in [0.25, 0.3) is 76.6 Å². The molecule has 8 aromatic carbocycles. The summed E-state index contributed by atoms with van der Waals surface area (Å²) < 4.78 is 6.36. The van der Waals surface area contributed by atoms with Crippen LogP contribution < -0.4 is 4.90 Å². The van der Waals surface area contributed by atoms with E-state index in [0.29, 0.717) is 0 Å². The second kappa shape index (κ2) is 11.5. The summed E-state index contributed by atoms with van der Waals surface area (Å²) >= 11 is 0. The molecule has 0 aliphatic carbocycles. The van der Waals surface area contributed by atoms with Crippen molar-refractivity contribution < 1.29 is 4.42 Å². The lowest BCUT2D eigenvalue weighted by molar-refractivity contribution is 0.669. The summed E-state index contributed by atoms with van der Waals surface area (Å²) in [5.74, 6) is 0. The number of anilines is 3. The number of benzene rings is 8. The summed E-state index contributed by atoms with van der Waals surface area (Å²) in [6.07, 6.45) is 1.84. The van der Waals surface area contributed by atoms with Crippen molar-refractivity contribution in [2.75, 3.05) is 4.90 Å². The predicted molar refractivity (Wildman–Crippen MR) is 210 cm³/mol. The van der Waals surface area contributed by atoms with Gasteiger partial charge in [-0.2, -0.15) is 0 Å². The van der Waals surface area contributed by atoms with Crippen molar-refractivity contribution in [1.82, 2.24) is 4.98 Å². The topological polar surface area (TPSA) is 29.3 Å². The zero-order chi connectivity index (χ0) is 33.0. The number of hydrogen-bond acceptors (Lipinski definition) is 3. The second-order valence-electron chi connectivity index (χ2n) is 12.9. The van der Waals surface area contributed by atoms with Gasteiger partial charge < -0.3 is 9.32 Å². The molecule has 0 radical (unpaired) electrons. The van der Waals surface area contributed by atoms with Crippen molar-refractivity contribution >= 4 is 71.4 Å². The maximum absolute atomic E-state index is 6.36. The summed E-state index contributed by atoms with van der Waals surface area (Å²) in [6, 6.07) is 62.9. The number of aromatic nitrogens is 1. The number of furan rings is 1. The summed E-state index contributed by atoms with van der Waals surface area (Å²) in [7, 11) is 0. The van der Waals surface area contributed by atoms with Crippen molar-refractivity contribution in [3.05, 3.63) is 182 Å². The first-order chi connectivity index (χ1) is 24.7. The minimum Gasteiger partial charge on any atom is -0.456 e. The molecule has 0 saturated carbocycles. The number of pyridine rings is 1. The average molecular weight is 639 g/mol. The molecule has 3 nitrogen and oxygen atoms in total. The fourth-order valence-electron chi connectivity index (χ4n) is 7.27. The molecule has 0 fully saturated rings. The standard InChI is InChI=1S/C47H30N2O/c1-2-7-31(8-3-1)35-14-15-38-27-41(21-18-37(38)26-35)49(40-19-16-33(17-20-40)36-13-12-32-9-4-5-10-34(32)25-36)42-22-23-46-43(29-42)44-30-45-39(11-6-24-48-45)28-47(44)50-46/h1-30H. The van der Waals surface area contributed by atoms with Gasteiger partial charge in [-0.3, -0.25) is 4.98 Å². The zero-order valence-corrected chi connectivity index (χ0v) is 27.1. The first-order valence-electron chi connectivity index (χ1n) is 16.9. The van der Waals surface area contributed by atoms with Crippen LogP contribution in [-0.2, 0) is 0 Å². The van der Waals surface area contributed by atoms with E-state index in [4.69, 9.17) is 4.42 Å². The average Bonchev–Trinajstić information content (AvgIpc) is 3.54. The first-order valence-corrected chi connectivity index (χ1v) is 16.9. The van der Waals surface area contributed by atoms with Gasteiger partial charge >= 0.3 is 0 Å². The van der Waals surface area contributed by atoms with Gasteiger partial charge in [0.15, 0.2) is 0 Å². The van der Waals surface area contributed by atoms with Crippen LogP contribution in [0.5, 0.6) is 0 Å². The third-order valence-electron chi connectivity index (χ3n) is 9.83. The predicted octanol–water partition coefficient (Wildman–Crippen LogP) is 13.2. The molecule has 10 aromatic rings. The Morgan fingerprint density at radius 2 is 0.940 bits per heavy atom. The molecule has 0 aliphatic heterocycles. The lowest BCUT2D eigenvalue weighted by atomic mass is 10.00. The molecule has 0 aliphatic rings. The monoisotopic (exact) mass is 638 g/mol. The van der Waals surface area contributed by atoms with Gasteiger partial charge in [0.25, 0.3) is 0 Å². The maximum Gasteiger partial charge on any atom is 0.136 e. The molecule has 0 N–H and O–H groups in total. The van der Waals surface area contributed by atoms with Crippen LogP contribution in [0, 0.1) is 0 Å². The van der Waals surface area contributed by atoms with E-state index in [1.165, 1.54) is 43.8 Å². The highest BCUT2D eigenvalue weighted by molar-refractivity contribution is 6.10. The third kappa shape index (κ3) is 4.87. The number of hydrogen-bond donors (Lipinski definition) is 0. The van der Waals surface area contributed by atoms with Gasteiger partial charge in [0, 0.05) is 39.4 Å². The Morgan fingerprint density at radius 3 is 1.78 bits per heavy atom. The number of fused-ring (bicyclic) bond motifs is 6. The van der Waals surface area contributed by atoms with Crippen LogP contribution in [0.3, 0.4) is 0 Å². The van der Waals surface area contributed by atoms with E-state index in [1.807, 2.05) is 12.3 Å². The van der Waals surface area contributed by atoms with Crippen LogP contribution in [-0.4, -0.2) is 4.98 Å². The maximum atomic E-state index is 6.36. The molecular formula is C47H30N2O. The van der Waals surface area contributed by atoms with Gasteiger partial charge in [-0.15, -0.1) is 0 Å². The molecule has 3 heteroatoms. The summed E-state index contributed by atoms with van der Waals surface area (Å²) in [5, 5.41) is 8.08. The second-order valence-corrected chi connectivity index (χ2v) is 12.9. The Labute approximate surface area is 289 Å². The molecule has 0 atom stereocenters. The smallest absolute Gasteiger partial charge is 0.136 e. The lowest BCUT2D eigenvalue weighted by Gasteiger charge is -2.26. The van der Waals surface area contributed by atoms with Gasteiger partial charge in [0.2, 0.25) is 0 Å². The fourth-order valence-corrected chi connectivity index (χ4v) is 7.27. The Hall–Kier alpha value is -6.71. The summed E-state index contributed by atoms with van der Waals surface area (Å²) in [5.41, 5.74) is 10.7. The van der Waals surface area contributed by atoms with E-state index in [1.54, 1.807) is 0 Å². The Bertz CT molecular complexity index is 2870. The summed E-state index contributed by atoms with van der Waals surface area (Å²) in [4.78, 5) is 6.96. The Kier molecular flexibility index (Phi) is 6.49. The van der Waals surface area contributed by atoms with Crippen LogP contribution in [0.15, 0.2) is 187 Å². The molecule has 234 valence electrons. The highest BCUT2D eigenvalue weighted by Gasteiger charge is 2.17. The SMILES string of the molecule is c1ccc(-c2ccc3cc(N(c4ccc(-c5ccc6ccccc6c5)cc4)c4ccc5oc6cc7cccnc7cc6c5c4)ccc3c2)cc1. The Morgan fingerprint density at radius 1 is 0.360 bits per heavy atom. The van der Waals surface area contributed by atoms with Gasteiger partial charge in [-0.05, 0) is 117 Å². The van der Waals surface area contributed by atoms with Crippen LogP contribution in [0.4, 0.5) is 17.1 Å². The molecule has 2 heterocycles. The van der Waals surface area contributed by atoms with E-state index in [0.717, 1.165) is 49.9 Å². The van der Waals surface area contributed by atoms with Gasteiger partial charge in [-0.25, -0.2) is 0 Å². The van der Waals surface area contributed by atoms with Crippen LogP contribution in [0.1, 0.15) is 0 Å². The largest absolute Gasteiger partial charge is 0.456 e. The number of nitrogens with zero attached hydrogens (tertiary/aromatic N) is 2. The Balaban J connectivity index is 1.11. The molecule has 0 saturated heterocycles. The normalized spacial score (nSPS) is 11.6. The van der Waals surface area contributed by atoms with E-state index < -0.39 is 0 Å². The van der Waals surface area contributed by atoms with Crippen molar-refractivity contribution in [1.29, 1.82) is 0 Å². The van der Waals surface area contributed by atoms with Crippen molar-refractivity contribution in [3.63, 3.8) is 0 Å². The molecule has 0 bridgehead atoms. The molecule has 0 unspecified atom stereocenters. The van der Waals surface area contributed by atoms with E-state index in [-0.39, 0.29) is 0 Å². The van der Waals surface area contributed by atoms with Gasteiger partial charge in [0.1, 0.15) is 11.2 Å². The molecule has 0 amide bonds. The molecule has 0 spiro atoms. The van der Waals surface area contributed by atoms with Gasteiger partial charge in [-0.1, -0.05) is 103 Å².